The van der Waals surface area contributed by atoms with Crippen molar-refractivity contribution >= 4 is 5.97 Å². The van der Waals surface area contributed by atoms with Crippen LogP contribution < -0.4 is 5.32 Å². The zero-order chi connectivity index (χ0) is 7.11. The normalized spacial score (nSPS) is 9.11. The van der Waals surface area contributed by atoms with Crippen LogP contribution in [-0.4, -0.2) is 19.1 Å². The molecule has 3 nitrogen and oxygen atoms in total. The molecular weight excluding hydrogens is 118 g/mol. The zero-order valence-corrected chi connectivity index (χ0v) is 5.64. The lowest BCUT2D eigenvalue weighted by Gasteiger charge is -1.98. The molecule has 0 amide bonds. The summed E-state index contributed by atoms with van der Waals surface area (Å²) in [4.78, 5) is 10.5. The van der Waals surface area contributed by atoms with Crippen molar-refractivity contribution in [3.8, 4) is 0 Å². The fourth-order valence-electron chi connectivity index (χ4n) is 0.424. The van der Waals surface area contributed by atoms with E-state index in [1.807, 2.05) is 0 Å². The predicted octanol–water partition coefficient (Wildman–Crippen LogP) is 0.321. The van der Waals surface area contributed by atoms with Gasteiger partial charge in [-0.15, -0.1) is 0 Å². The van der Waals surface area contributed by atoms with E-state index < -0.39 is 0 Å². The largest absolute Gasteiger partial charge is 0.466 e. The van der Waals surface area contributed by atoms with Gasteiger partial charge in [-0.05, 0) is 6.92 Å². The average molecular weight is 130 g/mol. The third-order valence-electron chi connectivity index (χ3n) is 0.811. The van der Waals surface area contributed by atoms with Gasteiger partial charge < -0.3 is 10.1 Å². The molecule has 53 valence electrons. The molecule has 0 rings (SSSR count). The van der Waals surface area contributed by atoms with E-state index in [0.717, 1.165) is 0 Å². The van der Waals surface area contributed by atoms with E-state index >= 15 is 0 Å². The van der Waals surface area contributed by atoms with Crippen LogP contribution in [0.4, 0.5) is 0 Å². The molecule has 0 atom stereocenters. The van der Waals surface area contributed by atoms with Crippen molar-refractivity contribution < 1.29 is 9.53 Å². The summed E-state index contributed by atoms with van der Waals surface area (Å²) >= 11 is 0. The minimum Gasteiger partial charge on any atom is -0.466 e. The smallest absolute Gasteiger partial charge is 0.307 e. The van der Waals surface area contributed by atoms with Gasteiger partial charge in [0.05, 0.1) is 13.0 Å². The molecule has 0 bridgehead atoms. The second-order valence-electron chi connectivity index (χ2n) is 1.56. The fraction of sp³-hybridized carbons (Fsp3) is 0.667. The summed E-state index contributed by atoms with van der Waals surface area (Å²) in [6.07, 6.45) is 0.400. The number of esters is 1. The van der Waals surface area contributed by atoms with E-state index in [4.69, 9.17) is 0 Å². The Bertz CT molecular complexity index is 83.1. The highest BCUT2D eigenvalue weighted by Crippen LogP contribution is 1.82. The van der Waals surface area contributed by atoms with Crippen molar-refractivity contribution in [3.05, 3.63) is 7.05 Å². The van der Waals surface area contributed by atoms with Crippen LogP contribution in [0.15, 0.2) is 0 Å². The van der Waals surface area contributed by atoms with Crippen molar-refractivity contribution in [2.75, 3.05) is 13.2 Å². The Labute approximate surface area is 55.4 Å². The summed E-state index contributed by atoms with van der Waals surface area (Å²) < 4.78 is 4.64. The van der Waals surface area contributed by atoms with Gasteiger partial charge in [0.2, 0.25) is 0 Å². The van der Waals surface area contributed by atoms with Crippen LogP contribution in [0.5, 0.6) is 0 Å². The summed E-state index contributed by atoms with van der Waals surface area (Å²) in [5, 5.41) is 2.61. The molecule has 0 aliphatic rings. The number of nitrogens with one attached hydrogen (secondary N) is 1. The van der Waals surface area contributed by atoms with Crippen LogP contribution in [0.1, 0.15) is 13.3 Å². The van der Waals surface area contributed by atoms with E-state index in [1.54, 1.807) is 6.92 Å². The Morgan fingerprint density at radius 3 is 2.89 bits per heavy atom. The van der Waals surface area contributed by atoms with E-state index in [0.29, 0.717) is 19.6 Å². The molecule has 0 fully saturated rings. The molecule has 0 heterocycles. The minimum atomic E-state index is -0.173. The molecule has 0 aliphatic heterocycles. The highest BCUT2D eigenvalue weighted by atomic mass is 16.5. The van der Waals surface area contributed by atoms with Crippen LogP contribution >= 0.6 is 0 Å². The Kier molecular flexibility index (Phi) is 5.21. The van der Waals surface area contributed by atoms with E-state index in [1.165, 1.54) is 0 Å². The third kappa shape index (κ3) is 5.30. The maximum Gasteiger partial charge on any atom is 0.307 e. The number of carbonyl (C=O) groups excluding carboxylic acids is 1. The second-order valence-corrected chi connectivity index (χ2v) is 1.56. The van der Waals surface area contributed by atoms with Crippen LogP contribution in [0.25, 0.3) is 0 Å². The summed E-state index contributed by atoms with van der Waals surface area (Å²) in [5.74, 6) is -0.173. The molecule has 3 heteroatoms. The first kappa shape index (κ1) is 8.43. The first-order valence-electron chi connectivity index (χ1n) is 2.96. The van der Waals surface area contributed by atoms with Crippen molar-refractivity contribution in [3.63, 3.8) is 0 Å². The Morgan fingerprint density at radius 1 is 1.78 bits per heavy atom. The van der Waals surface area contributed by atoms with Gasteiger partial charge in [-0.25, -0.2) is 0 Å². The molecular formula is C6H12NO2. The highest BCUT2D eigenvalue weighted by molar-refractivity contribution is 5.69. The van der Waals surface area contributed by atoms with Crippen molar-refractivity contribution in [2.45, 2.75) is 13.3 Å². The number of rotatable bonds is 4. The molecule has 0 saturated carbocycles. The lowest BCUT2D eigenvalue weighted by Crippen LogP contribution is -2.13. The first-order valence-corrected chi connectivity index (χ1v) is 2.96. The van der Waals surface area contributed by atoms with Crippen LogP contribution in [0, 0.1) is 7.05 Å². The van der Waals surface area contributed by atoms with Crippen LogP contribution in [0.2, 0.25) is 0 Å². The summed E-state index contributed by atoms with van der Waals surface area (Å²) in [6.45, 7) is 2.82. The molecule has 0 aromatic carbocycles. The third-order valence-corrected chi connectivity index (χ3v) is 0.811. The van der Waals surface area contributed by atoms with Crippen molar-refractivity contribution in [2.24, 2.45) is 0 Å². The predicted molar refractivity (Wildman–Crippen MR) is 34.6 cm³/mol. The molecule has 0 spiro atoms. The van der Waals surface area contributed by atoms with Gasteiger partial charge in [-0.2, -0.15) is 0 Å². The molecule has 0 saturated heterocycles. The van der Waals surface area contributed by atoms with Gasteiger partial charge in [0.1, 0.15) is 0 Å². The standard InChI is InChI=1S/C6H12NO2/c1-3-9-6(8)4-5-7-2/h7H,2-5H2,1H3. The quantitative estimate of drug-likeness (QED) is 0.557. The number of hydrogen-bond acceptors (Lipinski definition) is 3. The maximum absolute atomic E-state index is 10.5. The second kappa shape index (κ2) is 5.56. The van der Waals surface area contributed by atoms with Gasteiger partial charge in [-0.1, -0.05) is 0 Å². The average Bonchev–Trinajstić information content (AvgIpc) is 1.85. The topological polar surface area (TPSA) is 38.3 Å². The van der Waals surface area contributed by atoms with Crippen LogP contribution in [0.3, 0.4) is 0 Å². The molecule has 0 aromatic heterocycles. The van der Waals surface area contributed by atoms with Gasteiger partial charge >= 0.3 is 5.97 Å². The van der Waals surface area contributed by atoms with Crippen LogP contribution in [-0.2, 0) is 9.53 Å². The van der Waals surface area contributed by atoms with Crippen molar-refractivity contribution in [1.82, 2.24) is 5.32 Å². The van der Waals surface area contributed by atoms with E-state index in [2.05, 4.69) is 17.1 Å². The van der Waals surface area contributed by atoms with Gasteiger partial charge in [0.15, 0.2) is 0 Å². The zero-order valence-electron chi connectivity index (χ0n) is 5.64. The Morgan fingerprint density at radius 2 is 2.44 bits per heavy atom. The lowest BCUT2D eigenvalue weighted by molar-refractivity contribution is -0.142. The Balaban J connectivity index is 3.06. The maximum atomic E-state index is 10.5. The molecule has 0 aromatic rings. The highest BCUT2D eigenvalue weighted by Gasteiger charge is 1.97. The SMILES string of the molecule is [CH2]NCCC(=O)OCC. The first-order chi connectivity index (χ1) is 4.31. The Hall–Kier alpha value is -0.570. The molecule has 1 radical (unpaired) electrons. The molecule has 0 unspecified atom stereocenters. The summed E-state index contributed by atoms with van der Waals surface area (Å²) in [7, 11) is 3.36. The molecule has 9 heavy (non-hydrogen) atoms. The monoisotopic (exact) mass is 130 g/mol. The van der Waals surface area contributed by atoms with Gasteiger partial charge in [0.25, 0.3) is 0 Å². The van der Waals surface area contributed by atoms with Gasteiger partial charge in [0, 0.05) is 13.6 Å². The van der Waals surface area contributed by atoms with Gasteiger partial charge in [-0.3, -0.25) is 4.79 Å². The number of ether oxygens (including phenoxy) is 1. The number of hydrogen-bond donors (Lipinski definition) is 1. The number of carbonyl (C=O) groups is 1. The lowest BCUT2D eigenvalue weighted by atomic mass is 10.4. The van der Waals surface area contributed by atoms with E-state index in [-0.39, 0.29) is 5.97 Å². The summed E-state index contributed by atoms with van der Waals surface area (Å²) in [6, 6.07) is 0. The summed E-state index contributed by atoms with van der Waals surface area (Å²) in [5.41, 5.74) is 0. The molecule has 1 N–H and O–H groups in total. The van der Waals surface area contributed by atoms with E-state index in [9.17, 15) is 4.79 Å². The minimum absolute atomic E-state index is 0.173. The molecule has 0 aliphatic carbocycles. The fourth-order valence-corrected chi connectivity index (χ4v) is 0.424. The van der Waals surface area contributed by atoms with Crippen molar-refractivity contribution in [1.29, 1.82) is 0 Å².